The number of carboxylic acids is 1. The van der Waals surface area contributed by atoms with Gasteiger partial charge in [-0.15, -0.1) is 0 Å². The maximum Gasteiger partial charge on any atom is 1.00 e. The van der Waals surface area contributed by atoms with Crippen LogP contribution in [0, 0.1) is 51.1 Å². The Bertz CT molecular complexity index is 5560. The van der Waals surface area contributed by atoms with Gasteiger partial charge in [-0.05, 0) is 125 Å². The summed E-state index contributed by atoms with van der Waals surface area (Å²) in [7, 11) is 0. The van der Waals surface area contributed by atoms with Gasteiger partial charge in [0.1, 0.15) is 5.82 Å². The quantitative estimate of drug-likeness (QED) is 0.0180. The maximum absolute atomic E-state index is 15.7. The van der Waals surface area contributed by atoms with Crippen molar-refractivity contribution in [2.75, 3.05) is 38.4 Å². The largest absolute Gasteiger partial charge is 1.00 e. The van der Waals surface area contributed by atoms with Gasteiger partial charge in [-0.25, -0.2) is 35.9 Å². The number of esters is 2. The smallest absolute Gasteiger partial charge is 0.545 e. The normalized spacial score (nSPS) is 13.6. The van der Waals surface area contributed by atoms with Gasteiger partial charge < -0.3 is 48.4 Å². The zero-order chi connectivity index (χ0) is 81.3. The van der Waals surface area contributed by atoms with Crippen molar-refractivity contribution in [3.05, 3.63) is 212 Å². The molecular formula is C82H80BrCl3F6N9NaO9S3. The van der Waals surface area contributed by atoms with E-state index in [0.717, 1.165) is 83.7 Å². The molecule has 6 aromatic carbocycles. The molecule has 0 saturated heterocycles. The maximum atomic E-state index is 15.7. The Morgan fingerprint density at radius 3 is 1.13 bits per heavy atom. The molecule has 12 aromatic rings. The minimum atomic E-state index is -1.60. The van der Waals surface area contributed by atoms with Crippen LogP contribution in [0.4, 0.5) is 26.3 Å². The van der Waals surface area contributed by atoms with Gasteiger partial charge in [0, 0.05) is 154 Å². The number of carbonyl (C=O) groups is 3. The third kappa shape index (κ3) is 19.0. The molecule has 0 radical (unpaired) electrons. The first-order valence-electron chi connectivity index (χ1n) is 36.3. The molecule has 0 atom stereocenters. The second-order valence-corrected chi connectivity index (χ2v) is 34.9. The van der Waals surface area contributed by atoms with Crippen LogP contribution < -0.4 is 34.7 Å². The first-order chi connectivity index (χ1) is 53.9. The number of carbonyl (C=O) groups excluding carboxylic acids is 3. The molecule has 0 spiro atoms. The fourth-order valence-electron chi connectivity index (χ4n) is 12.7. The molecule has 4 N–H and O–H groups in total. The van der Waals surface area contributed by atoms with Gasteiger partial charge in [0.2, 0.25) is 0 Å². The molecule has 0 bridgehead atoms. The molecule has 114 heavy (non-hydrogen) atoms. The van der Waals surface area contributed by atoms with E-state index >= 15 is 26.3 Å². The zero-order valence-corrected chi connectivity index (χ0v) is 71.9. The molecular weight excluding hydrogens is 1670 g/mol. The molecule has 6 aromatic heterocycles. The van der Waals surface area contributed by atoms with Crippen molar-refractivity contribution in [1.29, 1.82) is 0 Å². The minimum Gasteiger partial charge on any atom is -0.545 e. The number of carboxylic acid groups (broad SMARTS) is 1. The van der Waals surface area contributed by atoms with Crippen molar-refractivity contribution in [1.82, 2.24) is 43.5 Å². The molecule has 3 aliphatic carbocycles. The van der Waals surface area contributed by atoms with E-state index in [4.69, 9.17) is 49.4 Å². The number of hydrogen-bond donors (Lipinski definition) is 4. The van der Waals surface area contributed by atoms with Crippen LogP contribution in [0.3, 0.4) is 0 Å². The van der Waals surface area contributed by atoms with Crippen molar-refractivity contribution in [2.24, 2.45) is 16.2 Å². The summed E-state index contributed by atoms with van der Waals surface area (Å²) in [5.74, 6) is -6.51. The summed E-state index contributed by atoms with van der Waals surface area (Å²) in [6.45, 7) is 16.5. The molecule has 0 unspecified atom stereocenters. The van der Waals surface area contributed by atoms with Crippen molar-refractivity contribution in [3.8, 4) is 17.1 Å². The first kappa shape index (κ1) is 87.7. The van der Waals surface area contributed by atoms with Crippen LogP contribution >= 0.6 is 86.0 Å². The summed E-state index contributed by atoms with van der Waals surface area (Å²) in [5.41, 5.74) is 3.82. The molecule has 3 aliphatic rings. The fourth-order valence-corrected chi connectivity index (χ4v) is 16.9. The van der Waals surface area contributed by atoms with Gasteiger partial charge >= 0.3 is 41.5 Å². The zero-order valence-electron chi connectivity index (χ0n) is 63.6. The number of rotatable bonds is 25. The van der Waals surface area contributed by atoms with E-state index in [1.807, 2.05) is 56.9 Å². The number of ether oxygens (including phenoxy) is 2. The topological polar surface area (TPSA) is 233 Å². The Kier molecular flexibility index (Phi) is 28.3. The number of aromatic carboxylic acids is 1. The summed E-state index contributed by atoms with van der Waals surface area (Å²) in [5, 5.41) is 57.5. The molecule has 15 rings (SSSR count). The average Bonchev–Trinajstić information content (AvgIpc) is 1.58. The molecule has 3 saturated carbocycles. The monoisotopic (exact) mass is 1750 g/mol. The van der Waals surface area contributed by atoms with E-state index < -0.39 is 69.2 Å². The third-order valence-electron chi connectivity index (χ3n) is 19.0. The summed E-state index contributed by atoms with van der Waals surface area (Å²) >= 11 is 25.2. The number of benzene rings is 6. The van der Waals surface area contributed by atoms with Crippen LogP contribution in [0.2, 0.25) is 15.1 Å². The number of alkyl halides is 1. The number of aliphatic hydroxyl groups excluding tert-OH is 3. The molecule has 596 valence electrons. The number of aliphatic hydroxyl groups is 3. The second kappa shape index (κ2) is 36.8. The number of nitrogens with zero attached hydrogens (tertiary/aromatic N) is 8. The van der Waals surface area contributed by atoms with Gasteiger partial charge in [-0.1, -0.05) is 152 Å². The van der Waals surface area contributed by atoms with Crippen LogP contribution in [-0.4, -0.2) is 115 Å². The number of fused-ring (bicyclic) bond motifs is 3. The average molecular weight is 1760 g/mol. The molecule has 0 amide bonds. The van der Waals surface area contributed by atoms with Gasteiger partial charge in [0.05, 0.1) is 97.6 Å². The Morgan fingerprint density at radius 2 is 0.842 bits per heavy atom. The summed E-state index contributed by atoms with van der Waals surface area (Å²) in [6, 6.07) is 23.0. The van der Waals surface area contributed by atoms with Crippen molar-refractivity contribution >= 4 is 137 Å². The first-order valence-corrected chi connectivity index (χ1v) is 41.0. The van der Waals surface area contributed by atoms with Crippen molar-refractivity contribution < 1.29 is 100 Å². The Morgan fingerprint density at radius 1 is 0.509 bits per heavy atom. The fraction of sp³-hybridized carbons (Fsp3) is 0.341. The molecule has 18 nitrogen and oxygen atoms in total. The Balaban J connectivity index is 0.000000161. The second-order valence-electron chi connectivity index (χ2n) is 30.0. The van der Waals surface area contributed by atoms with E-state index in [9.17, 15) is 29.7 Å². The number of aromatic nitrogens is 9. The number of aromatic amines is 1. The molecule has 0 aliphatic heterocycles. The van der Waals surface area contributed by atoms with E-state index in [2.05, 4.69) is 36.3 Å². The van der Waals surface area contributed by atoms with Gasteiger partial charge in [0.25, 0.3) is 0 Å². The van der Waals surface area contributed by atoms with Gasteiger partial charge in [-0.2, -0.15) is 15.3 Å². The number of H-pyrrole nitrogens is 1. The van der Waals surface area contributed by atoms with E-state index in [0.29, 0.717) is 67.1 Å². The molecule has 3 fully saturated rings. The van der Waals surface area contributed by atoms with E-state index in [-0.39, 0.29) is 132 Å². The van der Waals surface area contributed by atoms with Crippen LogP contribution in [0.1, 0.15) is 160 Å². The summed E-state index contributed by atoms with van der Waals surface area (Å²) in [4.78, 5) is 38.5. The SMILES string of the molecule is CC(C)(CO)CBr.CC(C)(CO)Cn1cc(-n2c(C3CC3)c(Sc3cccc(C(=O)[O-])c3F)c3ccc(Cl)c(F)c32)cn1.CCOC(=O)c1cccc(Sc2c(C3CC3)n(-c3cn[nH]c3)c3c(F)c(Cl)ccc23)c1F.CCOC(=O)c1cccc(Sc2c(C3CC3)n(-c3cnn(CC(C)(C)CO)c3)c3c(F)c(Cl)ccc23)c1F.[Na+]. The van der Waals surface area contributed by atoms with Gasteiger partial charge in [0.15, 0.2) is 29.1 Å². The standard InChI is InChI=1S/C28H28ClF2N3O3S.C26H24ClF2N3O3S.C23H18ClF2N3O2S.C5H11BrO.Na/c1-4-37-27(36)18-6-5-7-21(22(18)30)38-26-19-10-11-20(29)23(31)25(19)34(24(26)16-8-9-16)17-12-32-33(13-17)14-28(2,3)15-35;1-26(2,13-33)12-31-11-15(10-30-31)32-22(14-6-7-14)24(17-8-9-18(27)21(29)23(17)32)36-19-5-3-4-16(20(19)28)25(34)35;1-2-31-23(30)14-4-3-5-17(18(14)25)32-22-15-8-9-16(24)19(26)21(15)29(13-10-27-28-11-13)20(22)12-6-7-12;1-5(2,3-6)4-7;/h5-7,10-13,16,35H,4,8-9,14-15H2,1-3H3;3-5,8-11,14,33H,6-7,12-13H2,1-2H3,(H,34,35);3-5,8-12H,2,6-7H2,1H3,(H,27,28);7H,3-4H2,1-2H3;/q;;;;+1/p-1. The van der Waals surface area contributed by atoms with Crippen LogP contribution in [0.25, 0.3) is 49.8 Å². The summed E-state index contributed by atoms with van der Waals surface area (Å²) in [6.07, 6.45) is 15.7. The number of halogens is 10. The summed E-state index contributed by atoms with van der Waals surface area (Å²) < 4.78 is 111. The van der Waals surface area contributed by atoms with Crippen LogP contribution in [-0.2, 0) is 22.6 Å². The predicted molar refractivity (Wildman–Crippen MR) is 429 cm³/mol. The Hall–Kier alpha value is -7.16. The van der Waals surface area contributed by atoms with Crippen LogP contribution in [0.5, 0.6) is 0 Å². The number of nitrogens with one attached hydrogen (secondary N) is 1. The Labute approximate surface area is 712 Å². The van der Waals surface area contributed by atoms with Crippen molar-refractivity contribution in [3.63, 3.8) is 0 Å². The third-order valence-corrected chi connectivity index (χ3v) is 24.9. The predicted octanol–water partition coefficient (Wildman–Crippen LogP) is 17.0. The van der Waals surface area contributed by atoms with E-state index in [1.165, 1.54) is 66.0 Å². The molecule has 32 heteroatoms. The minimum absolute atomic E-state index is 0. The van der Waals surface area contributed by atoms with Crippen LogP contribution in [0.15, 0.2) is 158 Å². The van der Waals surface area contributed by atoms with E-state index in [1.54, 1.807) is 101 Å². The van der Waals surface area contributed by atoms with Crippen molar-refractivity contribution in [2.45, 2.75) is 154 Å². The number of hydrogen-bond acceptors (Lipinski definition) is 15. The molecule has 6 heterocycles. The van der Waals surface area contributed by atoms with Gasteiger partial charge in [-0.3, -0.25) is 14.5 Å².